The lowest BCUT2D eigenvalue weighted by Crippen LogP contribution is -2.46. The highest BCUT2D eigenvalue weighted by molar-refractivity contribution is 7.90. The Morgan fingerprint density at radius 1 is 1.35 bits per heavy atom. The summed E-state index contributed by atoms with van der Waals surface area (Å²) >= 11 is 0. The summed E-state index contributed by atoms with van der Waals surface area (Å²) in [6.07, 6.45) is 7.44. The molecule has 0 bridgehead atoms. The van der Waals surface area contributed by atoms with Crippen molar-refractivity contribution in [1.82, 2.24) is 14.5 Å². The van der Waals surface area contributed by atoms with Gasteiger partial charge in [-0.3, -0.25) is 24.0 Å². The summed E-state index contributed by atoms with van der Waals surface area (Å²) in [6.45, 7) is 2.13. The Morgan fingerprint density at radius 2 is 2.15 bits per heavy atom. The molecular formula is C21H24N6O6S. The zero-order valence-electron chi connectivity index (χ0n) is 18.4. The Kier molecular flexibility index (Phi) is 6.28. The number of nitrogens with one attached hydrogen (secondary N) is 1. The summed E-state index contributed by atoms with van der Waals surface area (Å²) in [4.78, 5) is 43.9. The molecule has 2 aromatic heterocycles. The first-order chi connectivity index (χ1) is 16.2. The molecule has 13 heteroatoms. The number of nitrogens with two attached hydrogens (primary N) is 1. The van der Waals surface area contributed by atoms with Crippen molar-refractivity contribution in [2.75, 3.05) is 22.9 Å². The number of unbranched alkanes of at least 4 members (excludes halogenated alkanes) is 1. The molecule has 0 aromatic carbocycles. The third kappa shape index (κ3) is 4.46. The van der Waals surface area contributed by atoms with Crippen molar-refractivity contribution in [2.24, 2.45) is 4.40 Å². The van der Waals surface area contributed by atoms with E-state index in [9.17, 15) is 22.8 Å². The van der Waals surface area contributed by atoms with Gasteiger partial charge in [-0.2, -0.15) is 0 Å². The van der Waals surface area contributed by atoms with E-state index in [0.29, 0.717) is 12.2 Å². The first-order valence-corrected chi connectivity index (χ1v) is 12.3. The number of carbonyl (C=O) groups is 1. The highest BCUT2D eigenvalue weighted by Crippen LogP contribution is 2.25. The number of allylic oxidation sites excluding steroid dienone is 2. The van der Waals surface area contributed by atoms with E-state index in [2.05, 4.69) is 9.38 Å². The van der Waals surface area contributed by atoms with Crippen LogP contribution >= 0.6 is 0 Å². The van der Waals surface area contributed by atoms with E-state index >= 15 is 0 Å². The molecule has 0 saturated carbocycles. The van der Waals surface area contributed by atoms with Crippen LogP contribution in [-0.4, -0.2) is 46.9 Å². The normalized spacial score (nSPS) is 16.6. The van der Waals surface area contributed by atoms with Crippen LogP contribution in [-0.2, 0) is 27.9 Å². The number of anilines is 2. The molecule has 3 N–H and O–H groups in total. The molecule has 1 amide bonds. The minimum absolute atomic E-state index is 0.0394. The predicted molar refractivity (Wildman–Crippen MR) is 126 cm³/mol. The number of carbonyl (C=O) groups excluding carboxylic acids is 1. The Hall–Kier alpha value is -3.87. The lowest BCUT2D eigenvalue weighted by molar-refractivity contribution is -0.114. The fraction of sp³-hybridized carbons (Fsp3) is 0.333. The first kappa shape index (κ1) is 23.3. The number of aromatic nitrogens is 2. The van der Waals surface area contributed by atoms with Gasteiger partial charge in [0.25, 0.3) is 21.5 Å². The molecule has 0 unspecified atom stereocenters. The molecule has 0 aliphatic carbocycles. The second-order valence-electron chi connectivity index (χ2n) is 7.79. The van der Waals surface area contributed by atoms with Gasteiger partial charge in [-0.1, -0.05) is 13.3 Å². The fourth-order valence-electron chi connectivity index (χ4n) is 3.72. The van der Waals surface area contributed by atoms with Gasteiger partial charge in [0.15, 0.2) is 11.5 Å². The number of amidine groups is 1. The lowest BCUT2D eigenvalue weighted by atomic mass is 10.1. The Morgan fingerprint density at radius 3 is 2.85 bits per heavy atom. The topological polar surface area (TPSA) is 164 Å². The number of aromatic amines is 1. The molecule has 2 aromatic rings. The number of rotatable bonds is 7. The van der Waals surface area contributed by atoms with Crippen molar-refractivity contribution in [1.29, 1.82) is 0 Å². The first-order valence-electron chi connectivity index (χ1n) is 10.7. The second kappa shape index (κ2) is 9.17. The number of fused-ring (bicyclic) bond motifs is 1. The molecule has 0 saturated heterocycles. The highest BCUT2D eigenvalue weighted by Gasteiger charge is 2.34. The Bertz CT molecular complexity index is 1410. The largest absolute Gasteiger partial charge is 0.467 e. The maximum Gasteiger partial charge on any atom is 0.330 e. The van der Waals surface area contributed by atoms with Crippen LogP contribution in [0.4, 0.5) is 11.5 Å². The molecule has 0 spiro atoms. The van der Waals surface area contributed by atoms with Gasteiger partial charge in [0, 0.05) is 19.3 Å². The van der Waals surface area contributed by atoms with Crippen molar-refractivity contribution < 1.29 is 17.6 Å². The maximum absolute atomic E-state index is 13.8. The lowest BCUT2D eigenvalue weighted by Gasteiger charge is -2.31. The predicted octanol–water partition coefficient (Wildman–Crippen LogP) is 0.543. The molecule has 12 nitrogen and oxygen atoms in total. The number of nitrogen functional groups attached to an aromatic ring is 1. The summed E-state index contributed by atoms with van der Waals surface area (Å²) in [7, 11) is -3.75. The zero-order valence-corrected chi connectivity index (χ0v) is 19.2. The maximum atomic E-state index is 13.8. The van der Waals surface area contributed by atoms with Crippen LogP contribution in [0.1, 0.15) is 25.5 Å². The Balaban J connectivity index is 1.85. The third-order valence-electron chi connectivity index (χ3n) is 5.45. The van der Waals surface area contributed by atoms with Crippen LogP contribution in [0.25, 0.3) is 0 Å². The number of nitrogens with zero attached hydrogens (tertiary/aromatic N) is 4. The van der Waals surface area contributed by atoms with Gasteiger partial charge in [-0.15, -0.1) is 4.40 Å². The highest BCUT2D eigenvalue weighted by atomic mass is 32.2. The average molecular weight is 489 g/mol. The SMILES string of the molecule is CCCCn1c(N)c(N(Cc2ccco2)C(=O)C2=CC=CN3CCS(=O)(=O)N=C23)c(=O)[nH]c1=O. The minimum Gasteiger partial charge on any atom is -0.467 e. The van der Waals surface area contributed by atoms with E-state index in [1.165, 1.54) is 16.9 Å². The van der Waals surface area contributed by atoms with Gasteiger partial charge in [-0.25, -0.2) is 13.2 Å². The van der Waals surface area contributed by atoms with Gasteiger partial charge >= 0.3 is 5.69 Å². The van der Waals surface area contributed by atoms with E-state index in [1.807, 2.05) is 6.92 Å². The molecule has 180 valence electrons. The quantitative estimate of drug-likeness (QED) is 0.570. The molecule has 2 aliphatic rings. The summed E-state index contributed by atoms with van der Waals surface area (Å²) in [5, 5.41) is 0. The van der Waals surface area contributed by atoms with Crippen molar-refractivity contribution in [3.05, 3.63) is 68.9 Å². The van der Waals surface area contributed by atoms with Crippen LogP contribution in [0, 0.1) is 0 Å². The standard InChI is InChI=1S/C21H24N6O6S/c1-2-3-9-26-17(22)16(19(28)23-21(26)30)27(13-14-6-5-11-33-14)20(29)15-7-4-8-25-10-12-34(31,32)24-18(15)25/h4-8,11H,2-3,9-10,12-13,22H2,1H3,(H,23,28,30). The molecule has 0 radical (unpaired) electrons. The van der Waals surface area contributed by atoms with E-state index in [4.69, 9.17) is 10.2 Å². The van der Waals surface area contributed by atoms with Crippen LogP contribution in [0.5, 0.6) is 0 Å². The molecule has 0 atom stereocenters. The zero-order chi connectivity index (χ0) is 24.5. The van der Waals surface area contributed by atoms with Crippen molar-refractivity contribution in [2.45, 2.75) is 32.9 Å². The number of amides is 1. The van der Waals surface area contributed by atoms with E-state index in [0.717, 1.165) is 11.3 Å². The number of H-pyrrole nitrogens is 1. The van der Waals surface area contributed by atoms with Gasteiger partial charge in [0.2, 0.25) is 0 Å². The van der Waals surface area contributed by atoms with Crippen LogP contribution in [0.2, 0.25) is 0 Å². The third-order valence-corrected chi connectivity index (χ3v) is 6.60. The molecule has 2 aliphatic heterocycles. The molecule has 4 heterocycles. The number of sulfonamides is 1. The number of hydrogen-bond donors (Lipinski definition) is 2. The Labute approximate surface area is 194 Å². The molecule has 0 fully saturated rings. The van der Waals surface area contributed by atoms with Crippen LogP contribution in [0.15, 0.2) is 60.7 Å². The average Bonchev–Trinajstić information content (AvgIpc) is 3.30. The van der Waals surface area contributed by atoms with Crippen molar-refractivity contribution >= 4 is 33.3 Å². The van der Waals surface area contributed by atoms with Crippen molar-refractivity contribution in [3.8, 4) is 0 Å². The van der Waals surface area contributed by atoms with Gasteiger partial charge in [0.05, 0.1) is 24.1 Å². The molecule has 34 heavy (non-hydrogen) atoms. The number of hydrogen-bond acceptors (Lipinski definition) is 8. The van der Waals surface area contributed by atoms with E-state index in [-0.39, 0.29) is 48.3 Å². The van der Waals surface area contributed by atoms with Gasteiger partial charge in [0.1, 0.15) is 11.6 Å². The van der Waals surface area contributed by atoms with E-state index in [1.54, 1.807) is 29.3 Å². The van der Waals surface area contributed by atoms with Crippen molar-refractivity contribution in [3.63, 3.8) is 0 Å². The second-order valence-corrected chi connectivity index (χ2v) is 9.54. The van der Waals surface area contributed by atoms with Gasteiger partial charge in [-0.05, 0) is 30.7 Å². The van der Waals surface area contributed by atoms with Crippen LogP contribution in [0.3, 0.4) is 0 Å². The summed E-state index contributed by atoms with van der Waals surface area (Å²) in [5.74, 6) is -0.783. The fourth-order valence-corrected chi connectivity index (χ4v) is 4.70. The monoisotopic (exact) mass is 488 g/mol. The number of furan rings is 1. The summed E-state index contributed by atoms with van der Waals surface area (Å²) < 4.78 is 34.6. The smallest absolute Gasteiger partial charge is 0.330 e. The summed E-state index contributed by atoms with van der Waals surface area (Å²) in [5.41, 5.74) is 4.44. The molecular weight excluding hydrogens is 464 g/mol. The minimum atomic E-state index is -3.75. The summed E-state index contributed by atoms with van der Waals surface area (Å²) in [6, 6.07) is 3.23. The molecule has 4 rings (SSSR count). The van der Waals surface area contributed by atoms with E-state index < -0.39 is 27.2 Å². The van der Waals surface area contributed by atoms with Crippen LogP contribution < -0.4 is 21.9 Å². The van der Waals surface area contributed by atoms with Gasteiger partial charge < -0.3 is 15.1 Å².